The monoisotopic (exact) mass is 272 g/mol. The summed E-state index contributed by atoms with van der Waals surface area (Å²) in [6.07, 6.45) is 0. The summed E-state index contributed by atoms with van der Waals surface area (Å²) < 4.78 is 16.0. The maximum atomic E-state index is 5.38. The Morgan fingerprint density at radius 2 is 1.90 bits per heavy atom. The van der Waals surface area contributed by atoms with Crippen molar-refractivity contribution in [2.75, 3.05) is 13.9 Å². The quantitative estimate of drug-likeness (QED) is 0.901. The van der Waals surface area contributed by atoms with E-state index in [1.54, 1.807) is 7.11 Å². The van der Waals surface area contributed by atoms with Gasteiger partial charge in [0.25, 0.3) is 0 Å². The summed E-state index contributed by atoms with van der Waals surface area (Å²) in [4.78, 5) is 0. The molecule has 0 radical (unpaired) electrons. The summed E-state index contributed by atoms with van der Waals surface area (Å²) in [6.45, 7) is 2.11. The summed E-state index contributed by atoms with van der Waals surface area (Å²) in [6, 6.07) is 14.2. The van der Waals surface area contributed by atoms with Crippen molar-refractivity contribution in [2.45, 2.75) is 13.1 Å². The molecule has 20 heavy (non-hydrogen) atoms. The Bertz CT molecular complexity index is 598. The highest BCUT2D eigenvalue weighted by molar-refractivity contribution is 5.44. The normalized spacial score (nSPS) is 12.4. The molecule has 2 aromatic carbocycles. The van der Waals surface area contributed by atoms with Crippen molar-refractivity contribution in [2.24, 2.45) is 0 Å². The Morgan fingerprint density at radius 3 is 2.80 bits per heavy atom. The second-order valence-corrected chi connectivity index (χ2v) is 4.70. The van der Waals surface area contributed by atoms with Gasteiger partial charge < -0.3 is 19.5 Å². The van der Waals surface area contributed by atoms with Crippen molar-refractivity contribution in [3.05, 3.63) is 53.6 Å². The molecule has 0 unspecified atom stereocenters. The van der Waals surface area contributed by atoms with Crippen molar-refractivity contribution in [3.63, 3.8) is 0 Å². The van der Waals surface area contributed by atoms with Crippen LogP contribution >= 0.6 is 0 Å². The molecule has 1 heterocycles. The molecule has 0 saturated carbocycles. The molecule has 0 spiro atoms. The molecule has 0 saturated heterocycles. The maximum Gasteiger partial charge on any atom is 0.231 e. The fraction of sp³-hybridized carbons (Fsp3) is 0.250. The molecule has 1 aliphatic rings. The van der Waals surface area contributed by atoms with Crippen LogP contribution in [-0.4, -0.2) is 13.9 Å². The lowest BCUT2D eigenvalue weighted by Crippen LogP contribution is -2.80. The molecular weight excluding hydrogens is 254 g/mol. The van der Waals surface area contributed by atoms with Gasteiger partial charge in [-0.1, -0.05) is 12.1 Å². The minimum absolute atomic E-state index is 0.323. The summed E-state index contributed by atoms with van der Waals surface area (Å²) in [5.74, 6) is 2.61. The summed E-state index contributed by atoms with van der Waals surface area (Å²) >= 11 is 0. The summed E-state index contributed by atoms with van der Waals surface area (Å²) in [5, 5.41) is 2.25. The molecule has 0 amide bonds. The van der Waals surface area contributed by atoms with Crippen LogP contribution in [0.15, 0.2) is 42.5 Å². The molecule has 4 nitrogen and oxygen atoms in total. The van der Waals surface area contributed by atoms with E-state index >= 15 is 0 Å². The number of benzene rings is 2. The number of methoxy groups -OCH3 is 1. The SMILES string of the molecule is COc1ccccc1C[NH2+]Cc1ccc2c(c1)OCO2. The largest absolute Gasteiger partial charge is 0.496 e. The predicted octanol–water partition coefficient (Wildman–Crippen LogP) is 1.69. The zero-order valence-corrected chi connectivity index (χ0v) is 11.5. The lowest BCUT2D eigenvalue weighted by atomic mass is 10.1. The van der Waals surface area contributed by atoms with Gasteiger partial charge >= 0.3 is 0 Å². The van der Waals surface area contributed by atoms with Gasteiger partial charge in [0.2, 0.25) is 6.79 Å². The van der Waals surface area contributed by atoms with Crippen molar-refractivity contribution < 1.29 is 19.5 Å². The first kappa shape index (κ1) is 12.8. The fourth-order valence-electron chi connectivity index (χ4n) is 2.33. The third kappa shape index (κ3) is 2.70. The van der Waals surface area contributed by atoms with E-state index in [1.807, 2.05) is 30.3 Å². The van der Waals surface area contributed by atoms with Crippen LogP contribution in [0, 0.1) is 0 Å². The Hall–Kier alpha value is -2.20. The van der Waals surface area contributed by atoms with Gasteiger partial charge in [-0.25, -0.2) is 0 Å². The van der Waals surface area contributed by atoms with Gasteiger partial charge in [0.05, 0.1) is 7.11 Å². The molecule has 0 bridgehead atoms. The minimum Gasteiger partial charge on any atom is -0.496 e. The van der Waals surface area contributed by atoms with Crippen molar-refractivity contribution in [1.29, 1.82) is 0 Å². The number of ether oxygens (including phenoxy) is 3. The molecule has 0 fully saturated rings. The fourth-order valence-corrected chi connectivity index (χ4v) is 2.33. The smallest absolute Gasteiger partial charge is 0.231 e. The number of quaternary nitrogens is 1. The molecule has 0 aliphatic carbocycles. The van der Waals surface area contributed by atoms with Gasteiger partial charge in [0, 0.05) is 11.1 Å². The minimum atomic E-state index is 0.323. The summed E-state index contributed by atoms with van der Waals surface area (Å²) in [5.41, 5.74) is 2.43. The van der Waals surface area contributed by atoms with E-state index in [0.29, 0.717) is 6.79 Å². The van der Waals surface area contributed by atoms with Gasteiger partial charge in [-0.15, -0.1) is 0 Å². The van der Waals surface area contributed by atoms with Crippen LogP contribution in [-0.2, 0) is 13.1 Å². The van der Waals surface area contributed by atoms with E-state index in [9.17, 15) is 0 Å². The maximum absolute atomic E-state index is 5.38. The van der Waals surface area contributed by atoms with Crippen molar-refractivity contribution in [3.8, 4) is 17.2 Å². The van der Waals surface area contributed by atoms with Crippen LogP contribution < -0.4 is 19.5 Å². The second-order valence-electron chi connectivity index (χ2n) is 4.70. The van der Waals surface area contributed by atoms with Crippen LogP contribution in [0.3, 0.4) is 0 Å². The molecule has 0 atom stereocenters. The van der Waals surface area contributed by atoms with E-state index in [4.69, 9.17) is 14.2 Å². The third-order valence-electron chi connectivity index (χ3n) is 3.37. The highest BCUT2D eigenvalue weighted by atomic mass is 16.7. The first-order valence-electron chi connectivity index (χ1n) is 6.69. The number of hydrogen-bond donors (Lipinski definition) is 1. The molecule has 4 heteroatoms. The summed E-state index contributed by atoms with van der Waals surface area (Å²) in [7, 11) is 1.71. The van der Waals surface area contributed by atoms with Gasteiger partial charge in [-0.05, 0) is 30.3 Å². The molecule has 0 aromatic heterocycles. The molecule has 3 rings (SSSR count). The average Bonchev–Trinajstić information content (AvgIpc) is 2.95. The Labute approximate surface area is 118 Å². The Balaban J connectivity index is 1.60. The van der Waals surface area contributed by atoms with Crippen LogP contribution in [0.2, 0.25) is 0 Å². The highest BCUT2D eigenvalue weighted by Crippen LogP contribution is 2.32. The van der Waals surface area contributed by atoms with Crippen LogP contribution in [0.5, 0.6) is 17.2 Å². The molecular formula is C16H18NO3+. The number of para-hydroxylation sites is 1. The van der Waals surface area contributed by atoms with E-state index in [1.165, 1.54) is 11.1 Å². The molecule has 1 aliphatic heterocycles. The molecule has 2 N–H and O–H groups in total. The van der Waals surface area contributed by atoms with Gasteiger partial charge in [-0.2, -0.15) is 0 Å². The van der Waals surface area contributed by atoms with E-state index in [-0.39, 0.29) is 0 Å². The van der Waals surface area contributed by atoms with Gasteiger partial charge in [0.15, 0.2) is 11.5 Å². The Kier molecular flexibility index (Phi) is 3.74. The zero-order chi connectivity index (χ0) is 13.8. The standard InChI is InChI=1S/C16H17NO3/c1-18-14-5-3-2-4-13(14)10-17-9-12-6-7-15-16(8-12)20-11-19-15/h2-8,17H,9-11H2,1H3/p+1. The lowest BCUT2D eigenvalue weighted by Gasteiger charge is -2.07. The van der Waals surface area contributed by atoms with Gasteiger partial charge in [0.1, 0.15) is 18.8 Å². The molecule has 2 aromatic rings. The first-order valence-corrected chi connectivity index (χ1v) is 6.69. The Morgan fingerprint density at radius 1 is 1.05 bits per heavy atom. The first-order chi connectivity index (χ1) is 9.86. The number of hydrogen-bond acceptors (Lipinski definition) is 3. The second kappa shape index (κ2) is 5.84. The van der Waals surface area contributed by atoms with Crippen molar-refractivity contribution in [1.82, 2.24) is 0 Å². The number of nitrogens with two attached hydrogens (primary N) is 1. The molecule has 104 valence electrons. The van der Waals surface area contributed by atoms with Crippen LogP contribution in [0.1, 0.15) is 11.1 Å². The van der Waals surface area contributed by atoms with Crippen LogP contribution in [0.25, 0.3) is 0 Å². The van der Waals surface area contributed by atoms with E-state index in [2.05, 4.69) is 17.4 Å². The predicted molar refractivity (Wildman–Crippen MR) is 74.9 cm³/mol. The zero-order valence-electron chi connectivity index (χ0n) is 11.5. The van der Waals surface area contributed by atoms with Crippen LogP contribution in [0.4, 0.5) is 0 Å². The average molecular weight is 272 g/mol. The van der Waals surface area contributed by atoms with E-state index in [0.717, 1.165) is 30.3 Å². The van der Waals surface area contributed by atoms with E-state index < -0.39 is 0 Å². The lowest BCUT2D eigenvalue weighted by molar-refractivity contribution is -0.686. The highest BCUT2D eigenvalue weighted by Gasteiger charge is 2.13. The van der Waals surface area contributed by atoms with Crippen molar-refractivity contribution >= 4 is 0 Å². The number of fused-ring (bicyclic) bond motifs is 1. The third-order valence-corrected chi connectivity index (χ3v) is 3.37. The number of rotatable bonds is 5. The topological polar surface area (TPSA) is 44.3 Å². The van der Waals surface area contributed by atoms with Gasteiger partial charge in [-0.3, -0.25) is 0 Å².